The number of piperidine rings is 1. The van der Waals surface area contributed by atoms with Crippen LogP contribution < -0.4 is 5.32 Å². The van der Waals surface area contributed by atoms with Crippen molar-refractivity contribution in [2.24, 2.45) is 0 Å². The van der Waals surface area contributed by atoms with Gasteiger partial charge in [-0.3, -0.25) is 9.69 Å². The van der Waals surface area contributed by atoms with Crippen molar-refractivity contribution in [3.05, 3.63) is 11.1 Å². The Bertz CT molecular complexity index is 582. The first kappa shape index (κ1) is 16.2. The number of amides is 3. The summed E-state index contributed by atoms with van der Waals surface area (Å²) in [6.07, 6.45) is 1.87. The van der Waals surface area contributed by atoms with Gasteiger partial charge in [0.1, 0.15) is 0 Å². The van der Waals surface area contributed by atoms with E-state index in [0.29, 0.717) is 17.7 Å². The highest BCUT2D eigenvalue weighted by Gasteiger charge is 2.33. The molecule has 0 atom stereocenters. The Labute approximate surface area is 140 Å². The smallest absolute Gasteiger partial charge is 0.320 e. The Morgan fingerprint density at radius 2 is 2.09 bits per heavy atom. The van der Waals surface area contributed by atoms with Crippen LogP contribution in [0.2, 0.25) is 0 Å². The van der Waals surface area contributed by atoms with Crippen LogP contribution >= 0.6 is 11.3 Å². The predicted molar refractivity (Wildman–Crippen MR) is 89.7 cm³/mol. The molecule has 8 heteroatoms. The predicted octanol–water partition coefficient (Wildman–Crippen LogP) is 1.22. The fourth-order valence-electron chi connectivity index (χ4n) is 3.17. The van der Waals surface area contributed by atoms with Gasteiger partial charge in [0.15, 0.2) is 5.13 Å². The van der Waals surface area contributed by atoms with Crippen molar-refractivity contribution in [3.63, 3.8) is 0 Å². The van der Waals surface area contributed by atoms with E-state index >= 15 is 0 Å². The molecule has 2 saturated heterocycles. The van der Waals surface area contributed by atoms with Crippen molar-refractivity contribution < 1.29 is 9.59 Å². The molecule has 0 unspecified atom stereocenters. The lowest BCUT2D eigenvalue weighted by Crippen LogP contribution is -2.47. The van der Waals surface area contributed by atoms with Gasteiger partial charge in [0, 0.05) is 44.6 Å². The summed E-state index contributed by atoms with van der Waals surface area (Å²) in [5.74, 6) is -0.0187. The molecule has 0 bridgehead atoms. The van der Waals surface area contributed by atoms with Gasteiger partial charge < -0.3 is 15.1 Å². The molecule has 2 fully saturated rings. The number of hydrogen-bond acceptors (Lipinski definition) is 5. The van der Waals surface area contributed by atoms with E-state index in [1.165, 1.54) is 11.3 Å². The number of nitrogens with one attached hydrogen (secondary N) is 1. The van der Waals surface area contributed by atoms with Crippen LogP contribution in [0, 0.1) is 6.92 Å². The van der Waals surface area contributed by atoms with E-state index < -0.39 is 0 Å². The van der Waals surface area contributed by atoms with Gasteiger partial charge >= 0.3 is 6.03 Å². The Kier molecular flexibility index (Phi) is 4.82. The minimum Gasteiger partial charge on any atom is -0.326 e. The zero-order valence-corrected chi connectivity index (χ0v) is 14.4. The first-order valence-electron chi connectivity index (χ1n) is 7.99. The maximum atomic E-state index is 12.1. The summed E-state index contributed by atoms with van der Waals surface area (Å²) in [6.45, 7) is 5.64. The number of likely N-dealkylation sites (tertiary alicyclic amines) is 1. The maximum absolute atomic E-state index is 12.1. The highest BCUT2D eigenvalue weighted by atomic mass is 32.1. The average Bonchev–Trinajstić information content (AvgIpc) is 3.07. The highest BCUT2D eigenvalue weighted by molar-refractivity contribution is 7.13. The Morgan fingerprint density at radius 3 is 2.65 bits per heavy atom. The second-order valence-electron chi connectivity index (χ2n) is 6.25. The third kappa shape index (κ3) is 3.81. The monoisotopic (exact) mass is 337 g/mol. The molecule has 0 saturated carbocycles. The van der Waals surface area contributed by atoms with Crippen molar-refractivity contribution in [3.8, 4) is 0 Å². The highest BCUT2D eigenvalue weighted by Crippen LogP contribution is 2.21. The molecule has 2 aliphatic heterocycles. The van der Waals surface area contributed by atoms with Crippen LogP contribution in [0.15, 0.2) is 5.38 Å². The van der Waals surface area contributed by atoms with E-state index in [1.54, 1.807) is 4.90 Å². The molecule has 0 aliphatic carbocycles. The molecule has 2 aliphatic rings. The van der Waals surface area contributed by atoms with Crippen molar-refractivity contribution in [1.82, 2.24) is 19.7 Å². The van der Waals surface area contributed by atoms with Crippen LogP contribution in [0.25, 0.3) is 0 Å². The van der Waals surface area contributed by atoms with Crippen molar-refractivity contribution in [2.75, 3.05) is 45.1 Å². The van der Waals surface area contributed by atoms with E-state index in [4.69, 9.17) is 0 Å². The summed E-state index contributed by atoms with van der Waals surface area (Å²) in [4.78, 5) is 34.3. The van der Waals surface area contributed by atoms with E-state index in [-0.39, 0.29) is 11.9 Å². The van der Waals surface area contributed by atoms with Crippen molar-refractivity contribution in [2.45, 2.75) is 25.8 Å². The van der Waals surface area contributed by atoms with E-state index in [9.17, 15) is 9.59 Å². The fraction of sp³-hybridized carbons (Fsp3) is 0.667. The minimum atomic E-state index is -0.0187. The zero-order chi connectivity index (χ0) is 16.4. The lowest BCUT2D eigenvalue weighted by molar-refractivity contribution is -0.117. The van der Waals surface area contributed by atoms with Gasteiger partial charge in [-0.25, -0.2) is 9.78 Å². The second-order valence-corrected chi connectivity index (χ2v) is 7.11. The molecule has 0 radical (unpaired) electrons. The third-order valence-corrected chi connectivity index (χ3v) is 5.35. The van der Waals surface area contributed by atoms with Crippen LogP contribution in [0.4, 0.5) is 9.93 Å². The molecular formula is C15H23N5O2S. The number of carbonyl (C=O) groups is 2. The van der Waals surface area contributed by atoms with Crippen LogP contribution in [-0.2, 0) is 4.79 Å². The SMILES string of the molecule is Cc1csc(NC(=O)CN2CCC(N3CCN(C)C3=O)CC2)n1. The lowest BCUT2D eigenvalue weighted by Gasteiger charge is -2.36. The Morgan fingerprint density at radius 1 is 1.35 bits per heavy atom. The molecule has 3 rings (SSSR count). The Balaban J connectivity index is 1.44. The number of hydrogen-bond donors (Lipinski definition) is 1. The number of nitrogens with zero attached hydrogens (tertiary/aromatic N) is 4. The minimum absolute atomic E-state index is 0.0187. The number of likely N-dealkylation sites (N-methyl/N-ethyl adjacent to an activating group) is 1. The zero-order valence-electron chi connectivity index (χ0n) is 13.6. The molecule has 3 heterocycles. The molecule has 0 aromatic carbocycles. The molecule has 0 spiro atoms. The molecule has 126 valence electrons. The van der Waals surface area contributed by atoms with Crippen molar-refractivity contribution in [1.29, 1.82) is 0 Å². The van der Waals surface area contributed by atoms with Crippen LogP contribution in [-0.4, -0.2) is 77.4 Å². The van der Waals surface area contributed by atoms with Gasteiger partial charge in [0.25, 0.3) is 0 Å². The second kappa shape index (κ2) is 6.84. The summed E-state index contributed by atoms with van der Waals surface area (Å²) < 4.78 is 0. The number of anilines is 1. The van der Waals surface area contributed by atoms with Gasteiger partial charge in [0.2, 0.25) is 5.91 Å². The number of thiazole rings is 1. The maximum Gasteiger partial charge on any atom is 0.320 e. The summed E-state index contributed by atoms with van der Waals surface area (Å²) in [5, 5.41) is 5.43. The molecule has 3 amide bonds. The average molecular weight is 337 g/mol. The topological polar surface area (TPSA) is 68.8 Å². The van der Waals surface area contributed by atoms with E-state index in [2.05, 4.69) is 15.2 Å². The van der Waals surface area contributed by atoms with Crippen molar-refractivity contribution >= 4 is 28.4 Å². The van der Waals surface area contributed by atoms with Crippen LogP contribution in [0.1, 0.15) is 18.5 Å². The lowest BCUT2D eigenvalue weighted by atomic mass is 10.0. The third-order valence-electron chi connectivity index (χ3n) is 4.48. The number of urea groups is 1. The molecule has 1 aromatic heterocycles. The normalized spacial score (nSPS) is 20.3. The van der Waals surface area contributed by atoms with E-state index in [0.717, 1.165) is 44.7 Å². The summed E-state index contributed by atoms with van der Waals surface area (Å²) in [7, 11) is 1.85. The summed E-state index contributed by atoms with van der Waals surface area (Å²) in [6, 6.07) is 0.453. The molecule has 1 N–H and O–H groups in total. The largest absolute Gasteiger partial charge is 0.326 e. The molecule has 1 aromatic rings. The molecular weight excluding hydrogens is 314 g/mol. The number of aryl methyl sites for hydroxylation is 1. The van der Waals surface area contributed by atoms with Gasteiger partial charge in [-0.05, 0) is 19.8 Å². The first-order chi connectivity index (χ1) is 11.0. The van der Waals surface area contributed by atoms with Crippen LogP contribution in [0.3, 0.4) is 0 Å². The fourth-order valence-corrected chi connectivity index (χ4v) is 3.87. The van der Waals surface area contributed by atoms with Gasteiger partial charge in [-0.1, -0.05) is 0 Å². The number of carbonyl (C=O) groups excluding carboxylic acids is 2. The van der Waals surface area contributed by atoms with Gasteiger partial charge in [-0.2, -0.15) is 0 Å². The summed E-state index contributed by atoms with van der Waals surface area (Å²) >= 11 is 1.45. The van der Waals surface area contributed by atoms with Gasteiger partial charge in [0.05, 0.1) is 12.2 Å². The first-order valence-corrected chi connectivity index (χ1v) is 8.87. The quantitative estimate of drug-likeness (QED) is 0.897. The number of aromatic nitrogens is 1. The van der Waals surface area contributed by atoms with E-state index in [1.807, 2.05) is 24.3 Å². The standard InChI is InChI=1S/C15H23N5O2S/c1-11-10-23-14(16-11)17-13(21)9-19-5-3-12(4-6-19)20-8-7-18(2)15(20)22/h10,12H,3-9H2,1-2H3,(H,16,17,21). The molecule has 23 heavy (non-hydrogen) atoms. The molecule has 7 nitrogen and oxygen atoms in total. The van der Waals surface area contributed by atoms with Crippen LogP contribution in [0.5, 0.6) is 0 Å². The Hall–Kier alpha value is -1.67. The summed E-state index contributed by atoms with van der Waals surface area (Å²) in [5.41, 5.74) is 0.923. The number of rotatable bonds is 4. The van der Waals surface area contributed by atoms with Gasteiger partial charge in [-0.15, -0.1) is 11.3 Å².